The second-order valence-electron chi connectivity index (χ2n) is 4.52. The lowest BCUT2D eigenvalue weighted by atomic mass is 10.0. The fraction of sp³-hybridized carbons (Fsp3) is 0. The van der Waals surface area contributed by atoms with Gasteiger partial charge in [0.25, 0.3) is 0 Å². The van der Waals surface area contributed by atoms with Crippen LogP contribution in [0.15, 0.2) is 24.3 Å². The van der Waals surface area contributed by atoms with Gasteiger partial charge in [-0.15, -0.1) is 0 Å². The molecule has 0 saturated carbocycles. The molecule has 0 aliphatic carbocycles. The van der Waals surface area contributed by atoms with Gasteiger partial charge in [0.1, 0.15) is 0 Å². The minimum Gasteiger partial charge on any atom is -0.354 e. The molecule has 3 rings (SSSR count). The Kier molecular flexibility index (Phi) is 3.20. The van der Waals surface area contributed by atoms with E-state index in [1.807, 2.05) is 0 Å². The standard InChI is InChI=1S/C15H6F5NO/c16-10-9(11(17)13(19)14(20)12(10)18)15-7(5-22)6-3-1-2-4-8(6)21-15/h1-5,21H. The van der Waals surface area contributed by atoms with E-state index in [9.17, 15) is 26.7 Å². The van der Waals surface area contributed by atoms with Gasteiger partial charge in [-0.1, -0.05) is 18.2 Å². The SMILES string of the molecule is O=Cc1c(-c2c(F)c(F)c(F)c(F)c2F)[nH]c2ccccc12. The van der Waals surface area contributed by atoms with Crippen LogP contribution in [0.4, 0.5) is 22.0 Å². The molecule has 0 atom stereocenters. The van der Waals surface area contributed by atoms with Crippen LogP contribution >= 0.6 is 0 Å². The van der Waals surface area contributed by atoms with Gasteiger partial charge in [0.05, 0.1) is 11.3 Å². The number of halogens is 5. The van der Waals surface area contributed by atoms with Gasteiger partial charge in [-0.2, -0.15) is 0 Å². The smallest absolute Gasteiger partial charge is 0.200 e. The highest BCUT2D eigenvalue weighted by molar-refractivity contribution is 6.04. The van der Waals surface area contributed by atoms with Gasteiger partial charge in [-0.3, -0.25) is 4.79 Å². The third kappa shape index (κ3) is 1.82. The fourth-order valence-corrected chi connectivity index (χ4v) is 2.31. The highest BCUT2D eigenvalue weighted by atomic mass is 19.2. The van der Waals surface area contributed by atoms with Crippen LogP contribution in [-0.2, 0) is 0 Å². The summed E-state index contributed by atoms with van der Waals surface area (Å²) in [7, 11) is 0. The molecular weight excluding hydrogens is 305 g/mol. The second-order valence-corrected chi connectivity index (χ2v) is 4.52. The number of aldehydes is 1. The molecule has 0 fully saturated rings. The van der Waals surface area contributed by atoms with Gasteiger partial charge in [0.2, 0.25) is 5.82 Å². The van der Waals surface area contributed by atoms with Crippen molar-refractivity contribution in [2.75, 3.05) is 0 Å². The number of aromatic nitrogens is 1. The van der Waals surface area contributed by atoms with Crippen molar-refractivity contribution in [3.63, 3.8) is 0 Å². The van der Waals surface area contributed by atoms with Crippen LogP contribution in [-0.4, -0.2) is 11.3 Å². The van der Waals surface area contributed by atoms with Crippen LogP contribution in [0.1, 0.15) is 10.4 Å². The van der Waals surface area contributed by atoms with Crippen molar-refractivity contribution in [2.45, 2.75) is 0 Å². The summed E-state index contributed by atoms with van der Waals surface area (Å²) in [5.41, 5.74) is -1.46. The molecule has 1 aromatic heterocycles. The number of H-pyrrole nitrogens is 1. The Morgan fingerprint density at radius 2 is 1.36 bits per heavy atom. The fourth-order valence-electron chi connectivity index (χ4n) is 2.31. The van der Waals surface area contributed by atoms with Gasteiger partial charge >= 0.3 is 0 Å². The Hall–Kier alpha value is -2.70. The predicted molar refractivity (Wildman–Crippen MR) is 68.9 cm³/mol. The number of benzene rings is 2. The summed E-state index contributed by atoms with van der Waals surface area (Å²) in [6.45, 7) is 0. The molecule has 0 radical (unpaired) electrons. The zero-order valence-corrected chi connectivity index (χ0v) is 10.7. The average Bonchev–Trinajstić information content (AvgIpc) is 2.89. The summed E-state index contributed by atoms with van der Waals surface area (Å²) in [5, 5.41) is 0.316. The Morgan fingerprint density at radius 3 is 1.95 bits per heavy atom. The molecule has 7 heteroatoms. The zero-order valence-electron chi connectivity index (χ0n) is 10.7. The summed E-state index contributed by atoms with van der Waals surface area (Å²) in [6, 6.07) is 6.17. The first kappa shape index (κ1) is 14.2. The van der Waals surface area contributed by atoms with Crippen LogP contribution in [0.2, 0.25) is 0 Å². The van der Waals surface area contributed by atoms with Crippen LogP contribution < -0.4 is 0 Å². The number of hydrogen-bond donors (Lipinski definition) is 1. The molecular formula is C15H6F5NO. The molecule has 22 heavy (non-hydrogen) atoms. The lowest BCUT2D eigenvalue weighted by molar-refractivity contribution is 0.112. The first-order chi connectivity index (χ1) is 10.5. The minimum atomic E-state index is -2.25. The normalized spacial score (nSPS) is 11.1. The molecule has 0 spiro atoms. The van der Waals surface area contributed by atoms with Gasteiger partial charge < -0.3 is 4.98 Å². The van der Waals surface area contributed by atoms with Crippen molar-refractivity contribution in [2.24, 2.45) is 0 Å². The van der Waals surface area contributed by atoms with E-state index in [4.69, 9.17) is 0 Å². The number of carbonyl (C=O) groups is 1. The number of carbonyl (C=O) groups excluding carboxylic acids is 1. The molecule has 2 nitrogen and oxygen atoms in total. The number of aromatic amines is 1. The predicted octanol–water partition coefficient (Wildman–Crippen LogP) is 4.34. The lowest BCUT2D eigenvalue weighted by Gasteiger charge is -2.07. The first-order valence-electron chi connectivity index (χ1n) is 6.05. The molecule has 0 saturated heterocycles. The second kappa shape index (κ2) is 4.94. The zero-order chi connectivity index (χ0) is 16.0. The molecule has 0 aliphatic heterocycles. The van der Waals surface area contributed by atoms with Crippen LogP contribution in [0.3, 0.4) is 0 Å². The largest absolute Gasteiger partial charge is 0.354 e. The summed E-state index contributed by atoms with van der Waals surface area (Å²) < 4.78 is 67.5. The molecule has 0 bridgehead atoms. The van der Waals surface area contributed by atoms with Gasteiger partial charge in [0.15, 0.2) is 29.6 Å². The Morgan fingerprint density at radius 1 is 0.818 bits per heavy atom. The summed E-state index contributed by atoms with van der Waals surface area (Å²) in [4.78, 5) is 13.7. The number of fused-ring (bicyclic) bond motifs is 1. The van der Waals surface area contributed by atoms with Crippen LogP contribution in [0.25, 0.3) is 22.2 Å². The third-order valence-electron chi connectivity index (χ3n) is 3.32. The first-order valence-corrected chi connectivity index (χ1v) is 6.05. The maximum atomic E-state index is 13.9. The highest BCUT2D eigenvalue weighted by Crippen LogP contribution is 2.35. The highest BCUT2D eigenvalue weighted by Gasteiger charge is 2.29. The average molecular weight is 311 g/mol. The molecule has 1 heterocycles. The molecule has 0 amide bonds. The number of rotatable bonds is 2. The maximum absolute atomic E-state index is 13.9. The third-order valence-corrected chi connectivity index (χ3v) is 3.32. The van der Waals surface area contributed by atoms with E-state index in [-0.39, 0.29) is 5.56 Å². The van der Waals surface area contributed by atoms with Crippen molar-refractivity contribution in [1.82, 2.24) is 4.98 Å². The number of hydrogen-bond acceptors (Lipinski definition) is 1. The van der Waals surface area contributed by atoms with Crippen molar-refractivity contribution in [3.05, 3.63) is 58.9 Å². The molecule has 1 N–H and O–H groups in total. The van der Waals surface area contributed by atoms with E-state index in [0.29, 0.717) is 17.2 Å². The van der Waals surface area contributed by atoms with E-state index >= 15 is 0 Å². The summed E-state index contributed by atoms with van der Waals surface area (Å²) in [6.07, 6.45) is 0.298. The maximum Gasteiger partial charge on any atom is 0.200 e. The number of nitrogens with one attached hydrogen (secondary N) is 1. The lowest BCUT2D eigenvalue weighted by Crippen LogP contribution is -2.05. The van der Waals surface area contributed by atoms with E-state index in [0.717, 1.165) is 0 Å². The van der Waals surface area contributed by atoms with Crippen molar-refractivity contribution >= 4 is 17.2 Å². The summed E-state index contributed by atoms with van der Waals surface area (Å²) in [5.74, 6) is -10.4. The molecule has 3 aromatic rings. The van der Waals surface area contributed by atoms with E-state index in [1.165, 1.54) is 12.1 Å². The Bertz CT molecular complexity index is 887. The van der Waals surface area contributed by atoms with Crippen molar-refractivity contribution in [1.29, 1.82) is 0 Å². The van der Waals surface area contributed by atoms with Gasteiger partial charge in [0, 0.05) is 16.5 Å². The monoisotopic (exact) mass is 311 g/mol. The number of para-hydroxylation sites is 1. The van der Waals surface area contributed by atoms with Crippen LogP contribution in [0.5, 0.6) is 0 Å². The molecule has 0 unspecified atom stereocenters. The van der Waals surface area contributed by atoms with E-state index < -0.39 is 40.3 Å². The molecule has 0 aliphatic rings. The van der Waals surface area contributed by atoms with Gasteiger partial charge in [-0.25, -0.2) is 22.0 Å². The molecule has 2 aromatic carbocycles. The quantitative estimate of drug-likeness (QED) is 0.325. The molecule has 112 valence electrons. The van der Waals surface area contributed by atoms with Crippen molar-refractivity contribution < 1.29 is 26.7 Å². The van der Waals surface area contributed by atoms with Crippen LogP contribution in [0, 0.1) is 29.1 Å². The Labute approximate surface area is 120 Å². The van der Waals surface area contributed by atoms with E-state index in [2.05, 4.69) is 4.98 Å². The van der Waals surface area contributed by atoms with E-state index in [1.54, 1.807) is 12.1 Å². The topological polar surface area (TPSA) is 32.9 Å². The van der Waals surface area contributed by atoms with Crippen molar-refractivity contribution in [3.8, 4) is 11.3 Å². The summed E-state index contributed by atoms with van der Waals surface area (Å²) >= 11 is 0. The van der Waals surface area contributed by atoms with Gasteiger partial charge in [-0.05, 0) is 6.07 Å². The Balaban J connectivity index is 2.45. The minimum absolute atomic E-state index is 0.182.